The van der Waals surface area contributed by atoms with Crippen molar-refractivity contribution in [3.05, 3.63) is 35.4 Å². The van der Waals surface area contributed by atoms with E-state index < -0.39 is 5.60 Å². The molecule has 4 heteroatoms. The predicted molar refractivity (Wildman–Crippen MR) is 88.5 cm³/mol. The molecule has 0 radical (unpaired) electrons. The molecule has 1 saturated heterocycles. The molecular formula is C18H28N2O2. The molecule has 1 aliphatic rings. The molecule has 4 nitrogen and oxygen atoms in total. The van der Waals surface area contributed by atoms with Gasteiger partial charge in [-0.25, -0.2) is 0 Å². The van der Waals surface area contributed by atoms with Crippen molar-refractivity contribution in [2.24, 2.45) is 0 Å². The van der Waals surface area contributed by atoms with E-state index in [0.29, 0.717) is 26.1 Å². The topological polar surface area (TPSA) is 52.6 Å². The minimum Gasteiger partial charge on any atom is -0.379 e. The number of piperidine rings is 1. The first-order chi connectivity index (χ1) is 10.2. The second-order valence-corrected chi connectivity index (χ2v) is 7.45. The Hall–Kier alpha value is -1.39. The van der Waals surface area contributed by atoms with Crippen molar-refractivity contribution >= 4 is 5.91 Å². The highest BCUT2D eigenvalue weighted by Crippen LogP contribution is 2.24. The van der Waals surface area contributed by atoms with Crippen molar-refractivity contribution in [3.8, 4) is 0 Å². The summed E-state index contributed by atoms with van der Waals surface area (Å²) in [6, 6.07) is 8.17. The van der Waals surface area contributed by atoms with Crippen molar-refractivity contribution in [3.63, 3.8) is 0 Å². The zero-order chi connectivity index (χ0) is 16.4. The van der Waals surface area contributed by atoms with Crippen molar-refractivity contribution < 1.29 is 9.90 Å². The number of carbonyl (C=O) groups is 1. The summed E-state index contributed by atoms with van der Waals surface area (Å²) < 4.78 is 0. The van der Waals surface area contributed by atoms with E-state index in [2.05, 4.69) is 11.4 Å². The van der Waals surface area contributed by atoms with Crippen LogP contribution in [0.15, 0.2) is 24.3 Å². The lowest BCUT2D eigenvalue weighted by Crippen LogP contribution is -2.59. The number of amides is 1. The third-order valence-electron chi connectivity index (χ3n) is 4.07. The van der Waals surface area contributed by atoms with Gasteiger partial charge >= 0.3 is 0 Å². The first-order valence-corrected chi connectivity index (χ1v) is 8.02. The molecule has 0 bridgehead atoms. The summed E-state index contributed by atoms with van der Waals surface area (Å²) in [5.41, 5.74) is 0.900. The Bertz CT molecular complexity index is 536. The fourth-order valence-corrected chi connectivity index (χ4v) is 2.82. The molecule has 1 atom stereocenters. The number of nitrogens with zero attached hydrogens (tertiary/aromatic N) is 1. The molecule has 1 aliphatic heterocycles. The van der Waals surface area contributed by atoms with Crippen LogP contribution in [0.1, 0.15) is 44.7 Å². The lowest BCUT2D eigenvalue weighted by atomic mass is 9.90. The van der Waals surface area contributed by atoms with E-state index >= 15 is 0 Å². The number of rotatable bonds is 4. The van der Waals surface area contributed by atoms with Gasteiger partial charge in [0.25, 0.3) is 5.91 Å². The molecule has 0 aliphatic carbocycles. The molecule has 0 spiro atoms. The highest BCUT2D eigenvalue weighted by molar-refractivity contribution is 5.86. The van der Waals surface area contributed by atoms with Crippen molar-refractivity contribution in [2.45, 2.75) is 58.2 Å². The van der Waals surface area contributed by atoms with Crippen molar-refractivity contribution in [1.29, 1.82) is 0 Å². The van der Waals surface area contributed by atoms with Gasteiger partial charge in [0, 0.05) is 25.2 Å². The number of aryl methyl sites for hydroxylation is 1. The van der Waals surface area contributed by atoms with E-state index in [-0.39, 0.29) is 11.4 Å². The molecule has 1 unspecified atom stereocenters. The van der Waals surface area contributed by atoms with Gasteiger partial charge in [-0.1, -0.05) is 29.8 Å². The molecular weight excluding hydrogens is 276 g/mol. The van der Waals surface area contributed by atoms with Crippen LogP contribution in [0.25, 0.3) is 0 Å². The normalized spacial score (nSPS) is 23.0. The fraction of sp³-hybridized carbons (Fsp3) is 0.611. The summed E-state index contributed by atoms with van der Waals surface area (Å²) in [7, 11) is 0. The van der Waals surface area contributed by atoms with Crippen LogP contribution in [0.3, 0.4) is 0 Å². The predicted octanol–water partition coefficient (Wildman–Crippen LogP) is 2.24. The largest absolute Gasteiger partial charge is 0.379 e. The lowest BCUT2D eigenvalue weighted by Gasteiger charge is -2.39. The first-order valence-electron chi connectivity index (χ1n) is 8.02. The molecule has 1 aromatic carbocycles. The van der Waals surface area contributed by atoms with Crippen LogP contribution in [0, 0.1) is 6.92 Å². The summed E-state index contributed by atoms with van der Waals surface area (Å²) in [6.07, 6.45) is 1.36. The van der Waals surface area contributed by atoms with Crippen LogP contribution in [0.4, 0.5) is 0 Å². The monoisotopic (exact) mass is 304 g/mol. The van der Waals surface area contributed by atoms with Crippen molar-refractivity contribution in [1.82, 2.24) is 10.2 Å². The van der Waals surface area contributed by atoms with Gasteiger partial charge in [-0.3, -0.25) is 4.79 Å². The highest BCUT2D eigenvalue weighted by Gasteiger charge is 2.42. The van der Waals surface area contributed by atoms with Crippen LogP contribution >= 0.6 is 0 Å². The Morgan fingerprint density at radius 2 is 2.09 bits per heavy atom. The number of β-amino-alcohol motifs (C(OH)–C–C–N with tert-alkyl or cyclic N) is 1. The average molecular weight is 304 g/mol. The summed E-state index contributed by atoms with van der Waals surface area (Å²) in [4.78, 5) is 14.5. The number of carbonyl (C=O) groups excluding carboxylic acids is 1. The van der Waals surface area contributed by atoms with E-state index in [1.54, 1.807) is 4.90 Å². The number of hydrogen-bond donors (Lipinski definition) is 2. The standard InChI is InChI=1S/C18H28N2O2/c1-14-7-5-8-15(11-14)12-20-10-6-9-18(22,16(20)21)13-19-17(2,3)4/h5,7-8,11,19,22H,6,9-10,12-13H2,1-4H3. The van der Waals surface area contributed by atoms with E-state index in [1.165, 1.54) is 5.56 Å². The maximum atomic E-state index is 12.7. The van der Waals surface area contributed by atoms with Crippen LogP contribution in [-0.2, 0) is 11.3 Å². The maximum Gasteiger partial charge on any atom is 0.256 e. The van der Waals surface area contributed by atoms with Gasteiger partial charge in [0.2, 0.25) is 0 Å². The molecule has 0 aromatic heterocycles. The third kappa shape index (κ3) is 4.31. The van der Waals surface area contributed by atoms with Crippen LogP contribution in [-0.4, -0.2) is 40.1 Å². The minimum absolute atomic E-state index is 0.116. The van der Waals surface area contributed by atoms with E-state index in [1.807, 2.05) is 45.9 Å². The molecule has 2 rings (SSSR count). The molecule has 1 amide bonds. The molecule has 0 saturated carbocycles. The SMILES string of the molecule is Cc1cccc(CN2CCCC(O)(CNC(C)(C)C)C2=O)c1. The Kier molecular flexibility index (Phi) is 4.93. The van der Waals surface area contributed by atoms with Gasteiger partial charge in [-0.2, -0.15) is 0 Å². The number of aliphatic hydroxyl groups is 1. The van der Waals surface area contributed by atoms with Crippen LogP contribution in [0.5, 0.6) is 0 Å². The zero-order valence-corrected chi connectivity index (χ0v) is 14.1. The summed E-state index contributed by atoms with van der Waals surface area (Å²) in [5.74, 6) is -0.156. The first kappa shape index (κ1) is 17.0. The Morgan fingerprint density at radius 1 is 1.36 bits per heavy atom. The third-order valence-corrected chi connectivity index (χ3v) is 4.07. The van der Waals surface area contributed by atoms with Gasteiger partial charge in [0.15, 0.2) is 5.60 Å². The van der Waals surface area contributed by atoms with Gasteiger partial charge in [-0.15, -0.1) is 0 Å². The molecule has 1 heterocycles. The summed E-state index contributed by atoms with van der Waals surface area (Å²) in [5, 5.41) is 14.0. The smallest absolute Gasteiger partial charge is 0.256 e. The number of likely N-dealkylation sites (tertiary alicyclic amines) is 1. The Labute approximate surface area is 133 Å². The molecule has 122 valence electrons. The van der Waals surface area contributed by atoms with Gasteiger partial charge < -0.3 is 15.3 Å². The second-order valence-electron chi connectivity index (χ2n) is 7.45. The number of benzene rings is 1. The highest BCUT2D eigenvalue weighted by atomic mass is 16.3. The number of hydrogen-bond acceptors (Lipinski definition) is 3. The summed E-state index contributed by atoms with van der Waals surface area (Å²) >= 11 is 0. The molecule has 22 heavy (non-hydrogen) atoms. The molecule has 1 fully saturated rings. The second kappa shape index (κ2) is 6.39. The van der Waals surface area contributed by atoms with E-state index in [9.17, 15) is 9.90 Å². The molecule has 1 aromatic rings. The molecule has 2 N–H and O–H groups in total. The Morgan fingerprint density at radius 3 is 2.73 bits per heavy atom. The zero-order valence-electron chi connectivity index (χ0n) is 14.1. The lowest BCUT2D eigenvalue weighted by molar-refractivity contribution is -0.157. The van der Waals surface area contributed by atoms with Gasteiger partial charge in [0.05, 0.1) is 0 Å². The fourth-order valence-electron chi connectivity index (χ4n) is 2.82. The maximum absolute atomic E-state index is 12.7. The van der Waals surface area contributed by atoms with Crippen LogP contribution in [0.2, 0.25) is 0 Å². The summed E-state index contributed by atoms with van der Waals surface area (Å²) in [6.45, 7) is 9.74. The minimum atomic E-state index is -1.28. The van der Waals surface area contributed by atoms with Crippen LogP contribution < -0.4 is 5.32 Å². The average Bonchev–Trinajstić information content (AvgIpc) is 2.42. The van der Waals surface area contributed by atoms with E-state index in [4.69, 9.17) is 0 Å². The van der Waals surface area contributed by atoms with E-state index in [0.717, 1.165) is 12.0 Å². The van der Waals surface area contributed by atoms with Crippen molar-refractivity contribution in [2.75, 3.05) is 13.1 Å². The van der Waals surface area contributed by atoms with Gasteiger partial charge in [-0.05, 0) is 46.1 Å². The quantitative estimate of drug-likeness (QED) is 0.897. The van der Waals surface area contributed by atoms with Gasteiger partial charge in [0.1, 0.15) is 0 Å². The Balaban J connectivity index is 2.06. The number of nitrogens with one attached hydrogen (secondary N) is 1.